The minimum absolute atomic E-state index is 0.0145. The van der Waals surface area contributed by atoms with Gasteiger partial charge in [0.25, 0.3) is 5.91 Å². The standard InChI is InChI=1S/C25H31N3O4/c29-22-9-4-8-21(18-22)25(32)27-15-5-14-26-24(31)20-12-16-28(17-13-20)23(30)11-10-19-6-2-1-3-7-19/h1-4,6-9,18,20,29H,5,10-17H2,(H,26,31)(H,27,32). The molecule has 7 heteroatoms. The number of nitrogens with one attached hydrogen (secondary N) is 2. The highest BCUT2D eigenvalue weighted by molar-refractivity contribution is 5.94. The molecule has 7 nitrogen and oxygen atoms in total. The Morgan fingerprint density at radius 1 is 0.938 bits per heavy atom. The molecule has 1 fully saturated rings. The lowest BCUT2D eigenvalue weighted by molar-refractivity contribution is -0.135. The lowest BCUT2D eigenvalue weighted by Crippen LogP contribution is -2.43. The largest absolute Gasteiger partial charge is 0.508 e. The van der Waals surface area contributed by atoms with Gasteiger partial charge in [0.15, 0.2) is 0 Å². The van der Waals surface area contributed by atoms with Crippen molar-refractivity contribution in [3.8, 4) is 5.75 Å². The van der Waals surface area contributed by atoms with E-state index in [1.54, 1.807) is 12.1 Å². The molecule has 3 N–H and O–H groups in total. The summed E-state index contributed by atoms with van der Waals surface area (Å²) in [7, 11) is 0. The molecule has 0 aliphatic carbocycles. The fourth-order valence-corrected chi connectivity index (χ4v) is 3.84. The normalized spacial score (nSPS) is 14.1. The van der Waals surface area contributed by atoms with E-state index in [0.717, 1.165) is 12.0 Å². The van der Waals surface area contributed by atoms with Gasteiger partial charge in [0, 0.05) is 44.1 Å². The van der Waals surface area contributed by atoms with Crippen LogP contribution in [0, 0.1) is 5.92 Å². The summed E-state index contributed by atoms with van der Waals surface area (Å²) in [5.74, 6) is -0.115. The lowest BCUT2D eigenvalue weighted by atomic mass is 9.95. The van der Waals surface area contributed by atoms with E-state index >= 15 is 0 Å². The molecular weight excluding hydrogens is 406 g/mol. The molecule has 32 heavy (non-hydrogen) atoms. The molecule has 2 aromatic carbocycles. The van der Waals surface area contributed by atoms with E-state index in [0.29, 0.717) is 57.4 Å². The van der Waals surface area contributed by atoms with E-state index in [-0.39, 0.29) is 29.4 Å². The maximum atomic E-state index is 12.4. The number of likely N-dealkylation sites (tertiary alicyclic amines) is 1. The fourth-order valence-electron chi connectivity index (χ4n) is 3.84. The average molecular weight is 438 g/mol. The third kappa shape index (κ3) is 7.11. The Morgan fingerprint density at radius 3 is 2.38 bits per heavy atom. The summed E-state index contributed by atoms with van der Waals surface area (Å²) in [5.41, 5.74) is 1.56. The summed E-state index contributed by atoms with van der Waals surface area (Å²) in [4.78, 5) is 38.7. The van der Waals surface area contributed by atoms with Crippen molar-refractivity contribution in [3.05, 3.63) is 65.7 Å². The van der Waals surface area contributed by atoms with E-state index in [9.17, 15) is 19.5 Å². The van der Waals surface area contributed by atoms with Crippen molar-refractivity contribution in [1.29, 1.82) is 0 Å². The molecule has 0 aromatic heterocycles. The number of rotatable bonds is 9. The number of phenols is 1. The molecule has 1 saturated heterocycles. The lowest BCUT2D eigenvalue weighted by Gasteiger charge is -2.31. The van der Waals surface area contributed by atoms with Crippen LogP contribution in [0.4, 0.5) is 0 Å². The first-order valence-electron chi connectivity index (χ1n) is 11.2. The molecule has 3 rings (SSSR count). The summed E-state index contributed by atoms with van der Waals surface area (Å²) in [6, 6.07) is 16.2. The van der Waals surface area contributed by atoms with Crippen LogP contribution in [0.3, 0.4) is 0 Å². The maximum absolute atomic E-state index is 12.4. The summed E-state index contributed by atoms with van der Waals surface area (Å²) < 4.78 is 0. The zero-order valence-corrected chi connectivity index (χ0v) is 18.3. The predicted octanol–water partition coefficient (Wildman–Crippen LogP) is 2.50. The third-order valence-electron chi connectivity index (χ3n) is 5.74. The number of hydrogen-bond acceptors (Lipinski definition) is 4. The number of carbonyl (C=O) groups is 3. The molecule has 3 amide bonds. The number of piperidine rings is 1. The van der Waals surface area contributed by atoms with Gasteiger partial charge in [-0.05, 0) is 49.4 Å². The molecule has 170 valence electrons. The van der Waals surface area contributed by atoms with Crippen LogP contribution < -0.4 is 10.6 Å². The van der Waals surface area contributed by atoms with Gasteiger partial charge in [-0.15, -0.1) is 0 Å². The average Bonchev–Trinajstić information content (AvgIpc) is 2.82. The predicted molar refractivity (Wildman–Crippen MR) is 122 cm³/mol. The molecular formula is C25H31N3O4. The van der Waals surface area contributed by atoms with Crippen LogP contribution in [0.15, 0.2) is 54.6 Å². The Morgan fingerprint density at radius 2 is 1.66 bits per heavy atom. The second-order valence-corrected chi connectivity index (χ2v) is 8.09. The van der Waals surface area contributed by atoms with Gasteiger partial charge in [0.1, 0.15) is 5.75 Å². The van der Waals surface area contributed by atoms with Crippen LogP contribution in [-0.4, -0.2) is 53.9 Å². The molecule has 0 radical (unpaired) electrons. The minimum atomic E-state index is -0.253. The Bertz CT molecular complexity index is 908. The number of phenolic OH excluding ortho intramolecular Hbond substituents is 1. The van der Waals surface area contributed by atoms with Crippen molar-refractivity contribution < 1.29 is 19.5 Å². The number of amides is 3. The first kappa shape index (κ1) is 23.3. The van der Waals surface area contributed by atoms with Gasteiger partial charge in [0.05, 0.1) is 0 Å². The number of hydrogen-bond donors (Lipinski definition) is 3. The number of aromatic hydroxyl groups is 1. The second kappa shape index (κ2) is 11.9. The van der Waals surface area contributed by atoms with Gasteiger partial charge in [-0.25, -0.2) is 0 Å². The maximum Gasteiger partial charge on any atom is 0.251 e. The smallest absolute Gasteiger partial charge is 0.251 e. The highest BCUT2D eigenvalue weighted by Crippen LogP contribution is 2.18. The number of benzene rings is 2. The Balaban J connectivity index is 1.28. The van der Waals surface area contributed by atoms with Crippen molar-refractivity contribution in [3.63, 3.8) is 0 Å². The van der Waals surface area contributed by atoms with Crippen LogP contribution in [0.1, 0.15) is 41.6 Å². The topological polar surface area (TPSA) is 98.7 Å². The number of nitrogens with zero attached hydrogens (tertiary/aromatic N) is 1. The minimum Gasteiger partial charge on any atom is -0.508 e. The van der Waals surface area contributed by atoms with Crippen LogP contribution in [-0.2, 0) is 16.0 Å². The van der Waals surface area contributed by atoms with E-state index in [2.05, 4.69) is 10.6 Å². The van der Waals surface area contributed by atoms with Gasteiger partial charge in [-0.3, -0.25) is 14.4 Å². The molecule has 0 saturated carbocycles. The van der Waals surface area contributed by atoms with E-state index in [1.165, 1.54) is 12.1 Å². The van der Waals surface area contributed by atoms with Gasteiger partial charge in [-0.2, -0.15) is 0 Å². The van der Waals surface area contributed by atoms with Crippen LogP contribution in [0.5, 0.6) is 5.75 Å². The van der Waals surface area contributed by atoms with E-state index in [1.807, 2.05) is 35.2 Å². The van der Waals surface area contributed by atoms with Crippen molar-refractivity contribution in [2.75, 3.05) is 26.2 Å². The zero-order chi connectivity index (χ0) is 22.8. The van der Waals surface area contributed by atoms with Crippen molar-refractivity contribution in [1.82, 2.24) is 15.5 Å². The first-order valence-corrected chi connectivity index (χ1v) is 11.2. The second-order valence-electron chi connectivity index (χ2n) is 8.09. The highest BCUT2D eigenvalue weighted by Gasteiger charge is 2.26. The zero-order valence-electron chi connectivity index (χ0n) is 18.3. The van der Waals surface area contributed by atoms with Crippen LogP contribution >= 0.6 is 0 Å². The first-order chi connectivity index (χ1) is 15.5. The molecule has 1 heterocycles. The van der Waals surface area contributed by atoms with Crippen molar-refractivity contribution in [2.24, 2.45) is 5.92 Å². The number of aryl methyl sites for hydroxylation is 1. The fraction of sp³-hybridized carbons (Fsp3) is 0.400. The van der Waals surface area contributed by atoms with Gasteiger partial charge >= 0.3 is 0 Å². The third-order valence-corrected chi connectivity index (χ3v) is 5.74. The van der Waals surface area contributed by atoms with Crippen molar-refractivity contribution >= 4 is 17.7 Å². The van der Waals surface area contributed by atoms with Gasteiger partial charge < -0.3 is 20.6 Å². The Kier molecular flexibility index (Phi) is 8.66. The molecule has 1 aliphatic rings. The van der Waals surface area contributed by atoms with Crippen LogP contribution in [0.2, 0.25) is 0 Å². The Hall–Kier alpha value is -3.35. The summed E-state index contributed by atoms with van der Waals surface area (Å²) >= 11 is 0. The molecule has 0 unspecified atom stereocenters. The molecule has 1 aliphatic heterocycles. The van der Waals surface area contributed by atoms with E-state index in [4.69, 9.17) is 0 Å². The SMILES string of the molecule is O=C(NCCCNC(=O)C1CCN(C(=O)CCc2ccccc2)CC1)c1cccc(O)c1. The van der Waals surface area contributed by atoms with E-state index < -0.39 is 0 Å². The monoisotopic (exact) mass is 437 g/mol. The molecule has 2 aromatic rings. The highest BCUT2D eigenvalue weighted by atomic mass is 16.3. The van der Waals surface area contributed by atoms with Gasteiger partial charge in [0.2, 0.25) is 11.8 Å². The summed E-state index contributed by atoms with van der Waals surface area (Å²) in [6.45, 7) is 2.15. The number of carbonyl (C=O) groups excluding carboxylic acids is 3. The Labute approximate surface area is 188 Å². The van der Waals surface area contributed by atoms with Gasteiger partial charge in [-0.1, -0.05) is 36.4 Å². The summed E-state index contributed by atoms with van der Waals surface area (Å²) in [6.07, 6.45) is 3.21. The van der Waals surface area contributed by atoms with Crippen LogP contribution in [0.25, 0.3) is 0 Å². The molecule has 0 spiro atoms. The quantitative estimate of drug-likeness (QED) is 0.525. The molecule has 0 bridgehead atoms. The summed E-state index contributed by atoms with van der Waals surface area (Å²) in [5, 5.41) is 15.1. The van der Waals surface area contributed by atoms with Crippen molar-refractivity contribution in [2.45, 2.75) is 32.1 Å². The molecule has 0 atom stereocenters.